The Hall–Kier alpha value is -2.55. The average molecular weight is 295 g/mol. The second-order valence-corrected chi connectivity index (χ2v) is 6.04. The Balaban J connectivity index is 1.49. The van der Waals surface area contributed by atoms with Crippen LogP contribution in [-0.4, -0.2) is 47.0 Å². The van der Waals surface area contributed by atoms with Gasteiger partial charge in [-0.1, -0.05) is 0 Å². The molecule has 2 fully saturated rings. The van der Waals surface area contributed by atoms with E-state index in [2.05, 4.69) is 20.9 Å². The number of carbonyl (C=O) groups is 1. The van der Waals surface area contributed by atoms with Gasteiger partial charge in [0.2, 0.25) is 5.91 Å². The number of H-pyrrole nitrogens is 1. The van der Waals surface area contributed by atoms with E-state index in [1.807, 2.05) is 23.2 Å². The largest absolute Gasteiger partial charge is 0.367 e. The molecule has 1 aliphatic carbocycles. The summed E-state index contributed by atoms with van der Waals surface area (Å²) in [6.07, 6.45) is 5.14. The monoisotopic (exact) mass is 295 g/mol. The summed E-state index contributed by atoms with van der Waals surface area (Å²) in [6, 6.07) is 6.25. The number of hydrogen-bond donors (Lipinski definition) is 1. The first-order chi connectivity index (χ1) is 10.7. The number of fused-ring (bicyclic) bond motifs is 1. The van der Waals surface area contributed by atoms with Gasteiger partial charge in [0.25, 0.3) is 0 Å². The van der Waals surface area contributed by atoms with Gasteiger partial charge in [0.15, 0.2) is 0 Å². The van der Waals surface area contributed by atoms with Gasteiger partial charge in [0.1, 0.15) is 11.1 Å². The standard InChI is InChI=1S/C16H17N5O/c17-11-16(3-4-16)15(22)21-9-7-20(8-10-21)13-2-6-19-14-12(13)1-5-18-14/h1-2,5-6H,3-4,7-10H2,(H,18,19). The molecule has 0 radical (unpaired) electrons. The van der Waals surface area contributed by atoms with Gasteiger partial charge in [-0.25, -0.2) is 4.98 Å². The summed E-state index contributed by atoms with van der Waals surface area (Å²) in [5, 5.41) is 10.3. The van der Waals surface area contributed by atoms with E-state index in [1.54, 1.807) is 6.20 Å². The first-order valence-corrected chi connectivity index (χ1v) is 7.61. The first-order valence-electron chi connectivity index (χ1n) is 7.61. The van der Waals surface area contributed by atoms with Crippen molar-refractivity contribution in [1.29, 1.82) is 5.26 Å². The third kappa shape index (κ3) is 1.93. The zero-order chi connectivity index (χ0) is 15.2. The summed E-state index contributed by atoms with van der Waals surface area (Å²) >= 11 is 0. The van der Waals surface area contributed by atoms with Gasteiger partial charge in [0.05, 0.1) is 6.07 Å². The van der Waals surface area contributed by atoms with E-state index in [0.717, 1.165) is 42.7 Å². The van der Waals surface area contributed by atoms with Crippen LogP contribution in [0.1, 0.15) is 12.8 Å². The molecule has 3 heterocycles. The number of carbonyl (C=O) groups excluding carboxylic acids is 1. The molecule has 22 heavy (non-hydrogen) atoms. The highest BCUT2D eigenvalue weighted by Crippen LogP contribution is 2.46. The predicted octanol–water partition coefficient (Wildman–Crippen LogP) is 1.52. The molecule has 0 aromatic carbocycles. The van der Waals surface area contributed by atoms with Crippen LogP contribution in [0.25, 0.3) is 11.0 Å². The van der Waals surface area contributed by atoms with Crippen LogP contribution in [0.4, 0.5) is 5.69 Å². The second-order valence-electron chi connectivity index (χ2n) is 6.04. The maximum absolute atomic E-state index is 12.4. The van der Waals surface area contributed by atoms with Gasteiger partial charge in [0, 0.05) is 49.6 Å². The molecule has 1 N–H and O–H groups in total. The highest BCUT2D eigenvalue weighted by Gasteiger charge is 2.52. The molecule has 4 rings (SSSR count). The molecule has 1 saturated heterocycles. The molecular weight excluding hydrogens is 278 g/mol. The Morgan fingerprint density at radius 1 is 1.27 bits per heavy atom. The van der Waals surface area contributed by atoms with E-state index in [1.165, 1.54) is 0 Å². The molecule has 112 valence electrons. The number of aromatic nitrogens is 2. The number of nitriles is 1. The lowest BCUT2D eigenvalue weighted by Crippen LogP contribution is -2.50. The molecule has 1 aliphatic heterocycles. The fourth-order valence-electron chi connectivity index (χ4n) is 3.17. The lowest BCUT2D eigenvalue weighted by molar-refractivity contribution is -0.135. The number of amides is 1. The minimum Gasteiger partial charge on any atom is -0.367 e. The number of hydrogen-bond acceptors (Lipinski definition) is 4. The van der Waals surface area contributed by atoms with Crippen molar-refractivity contribution in [2.24, 2.45) is 5.41 Å². The van der Waals surface area contributed by atoms with Crippen LogP contribution < -0.4 is 4.90 Å². The molecule has 2 aliphatic rings. The molecular formula is C16H17N5O. The summed E-state index contributed by atoms with van der Waals surface area (Å²) in [5.41, 5.74) is 1.34. The summed E-state index contributed by atoms with van der Waals surface area (Å²) in [7, 11) is 0. The van der Waals surface area contributed by atoms with E-state index in [9.17, 15) is 4.79 Å². The number of piperazine rings is 1. The molecule has 1 amide bonds. The molecule has 6 heteroatoms. The van der Waals surface area contributed by atoms with Crippen LogP contribution in [0.5, 0.6) is 0 Å². The molecule has 0 atom stereocenters. The lowest BCUT2D eigenvalue weighted by Gasteiger charge is -2.37. The smallest absolute Gasteiger partial charge is 0.243 e. The van der Waals surface area contributed by atoms with Crippen LogP contribution in [0.3, 0.4) is 0 Å². The van der Waals surface area contributed by atoms with Gasteiger partial charge in [-0.2, -0.15) is 5.26 Å². The maximum Gasteiger partial charge on any atom is 0.243 e. The van der Waals surface area contributed by atoms with Crippen LogP contribution in [0.2, 0.25) is 0 Å². The number of nitrogens with zero attached hydrogens (tertiary/aromatic N) is 4. The molecule has 0 unspecified atom stereocenters. The zero-order valence-corrected chi connectivity index (χ0v) is 12.2. The molecule has 1 saturated carbocycles. The third-order valence-corrected chi connectivity index (χ3v) is 4.72. The van der Waals surface area contributed by atoms with E-state index in [-0.39, 0.29) is 5.91 Å². The van der Waals surface area contributed by atoms with Crippen molar-refractivity contribution in [3.8, 4) is 6.07 Å². The quantitative estimate of drug-likeness (QED) is 0.911. The van der Waals surface area contributed by atoms with Crippen molar-refractivity contribution in [1.82, 2.24) is 14.9 Å². The maximum atomic E-state index is 12.4. The third-order valence-electron chi connectivity index (χ3n) is 4.72. The fraction of sp³-hybridized carbons (Fsp3) is 0.438. The minimum atomic E-state index is -0.702. The molecule has 6 nitrogen and oxygen atoms in total. The molecule has 2 aromatic rings. The Kier molecular flexibility index (Phi) is 2.83. The summed E-state index contributed by atoms with van der Waals surface area (Å²) in [6.45, 7) is 2.93. The van der Waals surface area contributed by atoms with Crippen molar-refractivity contribution >= 4 is 22.6 Å². The van der Waals surface area contributed by atoms with Gasteiger partial charge in [-0.05, 0) is 25.0 Å². The molecule has 2 aromatic heterocycles. The first kappa shape index (κ1) is 13.1. The van der Waals surface area contributed by atoms with Gasteiger partial charge in [-0.3, -0.25) is 4.79 Å². The average Bonchev–Trinajstić information content (AvgIpc) is 3.23. The van der Waals surface area contributed by atoms with E-state index < -0.39 is 5.41 Å². The summed E-state index contributed by atoms with van der Waals surface area (Å²) < 4.78 is 0. The van der Waals surface area contributed by atoms with Gasteiger partial charge >= 0.3 is 0 Å². The van der Waals surface area contributed by atoms with Crippen LogP contribution in [-0.2, 0) is 4.79 Å². The fourth-order valence-corrected chi connectivity index (χ4v) is 3.17. The minimum absolute atomic E-state index is 0.0242. The van der Waals surface area contributed by atoms with E-state index in [0.29, 0.717) is 13.1 Å². The highest BCUT2D eigenvalue weighted by atomic mass is 16.2. The highest BCUT2D eigenvalue weighted by molar-refractivity contribution is 5.90. The van der Waals surface area contributed by atoms with Gasteiger partial charge in [-0.15, -0.1) is 0 Å². The van der Waals surface area contributed by atoms with Crippen molar-refractivity contribution in [3.05, 3.63) is 24.5 Å². The predicted molar refractivity (Wildman–Crippen MR) is 82.2 cm³/mol. The van der Waals surface area contributed by atoms with Crippen molar-refractivity contribution in [2.75, 3.05) is 31.1 Å². The Bertz CT molecular complexity index is 762. The Labute approximate surface area is 128 Å². The number of aromatic amines is 1. The number of rotatable bonds is 2. The normalized spacial score (nSPS) is 20.0. The number of pyridine rings is 1. The summed E-state index contributed by atoms with van der Waals surface area (Å²) in [4.78, 5) is 24.0. The zero-order valence-electron chi connectivity index (χ0n) is 12.2. The van der Waals surface area contributed by atoms with E-state index in [4.69, 9.17) is 5.26 Å². The Morgan fingerprint density at radius 2 is 2.05 bits per heavy atom. The number of anilines is 1. The number of nitrogens with one attached hydrogen (secondary N) is 1. The van der Waals surface area contributed by atoms with Crippen molar-refractivity contribution in [2.45, 2.75) is 12.8 Å². The van der Waals surface area contributed by atoms with Crippen LogP contribution in [0, 0.1) is 16.7 Å². The van der Waals surface area contributed by atoms with E-state index >= 15 is 0 Å². The molecule has 0 spiro atoms. The van der Waals surface area contributed by atoms with Crippen molar-refractivity contribution < 1.29 is 4.79 Å². The second kappa shape index (κ2) is 4.73. The van der Waals surface area contributed by atoms with Gasteiger partial charge < -0.3 is 14.8 Å². The summed E-state index contributed by atoms with van der Waals surface area (Å²) in [5.74, 6) is 0.0242. The van der Waals surface area contributed by atoms with Crippen LogP contribution >= 0.6 is 0 Å². The van der Waals surface area contributed by atoms with Crippen molar-refractivity contribution in [3.63, 3.8) is 0 Å². The Morgan fingerprint density at radius 3 is 2.73 bits per heavy atom. The lowest BCUT2D eigenvalue weighted by atomic mass is 10.1. The van der Waals surface area contributed by atoms with Crippen LogP contribution in [0.15, 0.2) is 24.5 Å². The SMILES string of the molecule is N#CC1(C(=O)N2CCN(c3ccnc4[nH]ccc34)CC2)CC1. The topological polar surface area (TPSA) is 76.0 Å². The molecule has 0 bridgehead atoms.